The van der Waals surface area contributed by atoms with Crippen LogP contribution in [0.3, 0.4) is 0 Å². The molecule has 1 aromatic carbocycles. The largest absolute Gasteiger partial charge is 0.330 e. The lowest BCUT2D eigenvalue weighted by Gasteiger charge is -2.19. The number of hydrogen-bond acceptors (Lipinski definition) is 1. The number of alkyl halides is 1. The molecule has 0 saturated heterocycles. The van der Waals surface area contributed by atoms with Crippen LogP contribution in [0, 0.1) is 5.82 Å². The zero-order valence-corrected chi connectivity index (χ0v) is 7.56. The molecule has 0 heterocycles. The van der Waals surface area contributed by atoms with Crippen LogP contribution in [0.5, 0.6) is 0 Å². The third kappa shape index (κ3) is 2.49. The van der Waals surface area contributed by atoms with Crippen molar-refractivity contribution in [1.29, 1.82) is 0 Å². The fraction of sp³-hybridized carbons (Fsp3) is 0.400. The second kappa shape index (κ2) is 3.83. The quantitative estimate of drug-likeness (QED) is 0.768. The van der Waals surface area contributed by atoms with E-state index in [1.54, 1.807) is 6.07 Å². The lowest BCUT2D eigenvalue weighted by Crippen LogP contribution is -2.20. The number of nitrogens with two attached hydrogens (primary N) is 1. The SMILES string of the molecule is CC(F)(CCN)c1cccc(F)c1. The molecule has 3 heteroatoms. The average molecular weight is 185 g/mol. The Morgan fingerprint density at radius 1 is 1.46 bits per heavy atom. The van der Waals surface area contributed by atoms with E-state index in [9.17, 15) is 8.78 Å². The second-order valence-corrected chi connectivity index (χ2v) is 3.25. The first-order valence-corrected chi connectivity index (χ1v) is 4.21. The lowest BCUT2D eigenvalue weighted by molar-refractivity contribution is 0.180. The molecule has 0 spiro atoms. The highest BCUT2D eigenvalue weighted by atomic mass is 19.1. The molecule has 0 amide bonds. The second-order valence-electron chi connectivity index (χ2n) is 3.25. The van der Waals surface area contributed by atoms with Crippen molar-refractivity contribution in [3.05, 3.63) is 35.6 Å². The first-order chi connectivity index (χ1) is 6.06. The van der Waals surface area contributed by atoms with Gasteiger partial charge in [0.2, 0.25) is 0 Å². The van der Waals surface area contributed by atoms with Gasteiger partial charge in [0.25, 0.3) is 0 Å². The van der Waals surface area contributed by atoms with Gasteiger partial charge < -0.3 is 5.73 Å². The Kier molecular flexibility index (Phi) is 2.98. The van der Waals surface area contributed by atoms with Crippen LogP contribution in [0.15, 0.2) is 24.3 Å². The van der Waals surface area contributed by atoms with Crippen molar-refractivity contribution in [3.8, 4) is 0 Å². The van der Waals surface area contributed by atoms with Gasteiger partial charge >= 0.3 is 0 Å². The van der Waals surface area contributed by atoms with Gasteiger partial charge in [0.05, 0.1) is 0 Å². The van der Waals surface area contributed by atoms with Crippen molar-refractivity contribution in [2.24, 2.45) is 5.73 Å². The predicted octanol–water partition coefficient (Wildman–Crippen LogP) is 2.36. The molecule has 0 aliphatic heterocycles. The van der Waals surface area contributed by atoms with Gasteiger partial charge in [-0.3, -0.25) is 0 Å². The minimum Gasteiger partial charge on any atom is -0.330 e. The molecule has 0 radical (unpaired) electrons. The molecule has 1 aromatic rings. The maximum atomic E-state index is 13.8. The molecule has 13 heavy (non-hydrogen) atoms. The number of rotatable bonds is 3. The average Bonchev–Trinajstić information content (AvgIpc) is 2.04. The Bertz CT molecular complexity index is 284. The third-order valence-corrected chi connectivity index (χ3v) is 2.04. The van der Waals surface area contributed by atoms with Gasteiger partial charge in [0, 0.05) is 0 Å². The molecule has 72 valence electrons. The van der Waals surface area contributed by atoms with Crippen LogP contribution < -0.4 is 5.73 Å². The van der Waals surface area contributed by atoms with E-state index >= 15 is 0 Å². The fourth-order valence-corrected chi connectivity index (χ4v) is 1.23. The molecule has 1 nitrogen and oxygen atoms in total. The molecule has 0 fully saturated rings. The Morgan fingerprint density at radius 3 is 2.69 bits per heavy atom. The van der Waals surface area contributed by atoms with E-state index < -0.39 is 11.5 Å². The standard InChI is InChI=1S/C10H13F2N/c1-10(12,5-6-13)8-3-2-4-9(11)7-8/h2-4,7H,5-6,13H2,1H3. The fourth-order valence-electron chi connectivity index (χ4n) is 1.23. The van der Waals surface area contributed by atoms with Crippen molar-refractivity contribution in [1.82, 2.24) is 0 Å². The van der Waals surface area contributed by atoms with E-state index in [4.69, 9.17) is 5.73 Å². The normalized spacial score (nSPS) is 15.4. The number of benzene rings is 1. The smallest absolute Gasteiger partial charge is 0.134 e. The van der Waals surface area contributed by atoms with E-state index in [0.29, 0.717) is 5.56 Å². The van der Waals surface area contributed by atoms with Gasteiger partial charge in [-0.15, -0.1) is 0 Å². The minimum absolute atomic E-state index is 0.205. The first-order valence-electron chi connectivity index (χ1n) is 4.21. The molecule has 0 bridgehead atoms. The highest BCUT2D eigenvalue weighted by Gasteiger charge is 2.24. The Balaban J connectivity index is 2.93. The van der Waals surface area contributed by atoms with Gasteiger partial charge in [-0.2, -0.15) is 0 Å². The Morgan fingerprint density at radius 2 is 2.15 bits per heavy atom. The molecular weight excluding hydrogens is 172 g/mol. The van der Waals surface area contributed by atoms with Crippen LogP contribution >= 0.6 is 0 Å². The summed E-state index contributed by atoms with van der Waals surface area (Å²) >= 11 is 0. The first kappa shape index (κ1) is 10.1. The summed E-state index contributed by atoms with van der Waals surface area (Å²) in [7, 11) is 0. The third-order valence-electron chi connectivity index (χ3n) is 2.04. The highest BCUT2D eigenvalue weighted by Crippen LogP contribution is 2.28. The highest BCUT2D eigenvalue weighted by molar-refractivity contribution is 5.22. The van der Waals surface area contributed by atoms with Crippen LogP contribution in [0.4, 0.5) is 8.78 Å². The summed E-state index contributed by atoms with van der Waals surface area (Å²) in [4.78, 5) is 0. The van der Waals surface area contributed by atoms with Crippen LogP contribution in [0.25, 0.3) is 0 Å². The minimum atomic E-state index is -1.53. The molecule has 0 aromatic heterocycles. The molecule has 2 N–H and O–H groups in total. The molecular formula is C10H13F2N. The van der Waals surface area contributed by atoms with Gasteiger partial charge in [0.1, 0.15) is 11.5 Å². The monoisotopic (exact) mass is 185 g/mol. The zero-order chi connectivity index (χ0) is 9.90. The van der Waals surface area contributed by atoms with Crippen LogP contribution in [-0.2, 0) is 5.67 Å². The van der Waals surface area contributed by atoms with E-state index in [2.05, 4.69) is 0 Å². The number of hydrogen-bond donors (Lipinski definition) is 1. The summed E-state index contributed by atoms with van der Waals surface area (Å²) in [5.41, 5.74) is 4.07. The molecule has 0 aliphatic rings. The predicted molar refractivity (Wildman–Crippen MR) is 48.5 cm³/mol. The summed E-state index contributed by atoms with van der Waals surface area (Å²) in [6, 6.07) is 5.56. The summed E-state index contributed by atoms with van der Waals surface area (Å²) < 4.78 is 26.5. The van der Waals surface area contributed by atoms with E-state index in [1.165, 1.54) is 25.1 Å². The molecule has 0 aliphatic carbocycles. The molecule has 1 unspecified atom stereocenters. The van der Waals surface area contributed by atoms with Crippen molar-refractivity contribution < 1.29 is 8.78 Å². The van der Waals surface area contributed by atoms with Crippen molar-refractivity contribution >= 4 is 0 Å². The van der Waals surface area contributed by atoms with Crippen molar-refractivity contribution in [3.63, 3.8) is 0 Å². The summed E-state index contributed by atoms with van der Waals surface area (Å²) in [5, 5.41) is 0. The topological polar surface area (TPSA) is 26.0 Å². The van der Waals surface area contributed by atoms with Crippen LogP contribution in [-0.4, -0.2) is 6.54 Å². The van der Waals surface area contributed by atoms with E-state index in [0.717, 1.165) is 0 Å². The summed E-state index contributed by atoms with van der Waals surface area (Å²) in [5.74, 6) is -0.418. The molecule has 1 rings (SSSR count). The van der Waals surface area contributed by atoms with Crippen LogP contribution in [0.1, 0.15) is 18.9 Å². The van der Waals surface area contributed by atoms with E-state index in [-0.39, 0.29) is 13.0 Å². The summed E-state index contributed by atoms with van der Waals surface area (Å²) in [6.45, 7) is 1.66. The van der Waals surface area contributed by atoms with Gasteiger partial charge in [-0.05, 0) is 37.6 Å². The summed E-state index contributed by atoms with van der Waals surface area (Å²) in [6.07, 6.45) is 0.205. The van der Waals surface area contributed by atoms with Crippen molar-refractivity contribution in [2.75, 3.05) is 6.54 Å². The maximum absolute atomic E-state index is 13.8. The van der Waals surface area contributed by atoms with Gasteiger partial charge in [-0.1, -0.05) is 12.1 Å². The van der Waals surface area contributed by atoms with Gasteiger partial charge in [0.15, 0.2) is 0 Å². The van der Waals surface area contributed by atoms with Crippen LogP contribution in [0.2, 0.25) is 0 Å². The molecule has 1 atom stereocenters. The van der Waals surface area contributed by atoms with E-state index in [1.807, 2.05) is 0 Å². The number of halogens is 2. The van der Waals surface area contributed by atoms with Gasteiger partial charge in [-0.25, -0.2) is 8.78 Å². The zero-order valence-electron chi connectivity index (χ0n) is 7.56. The Labute approximate surface area is 76.6 Å². The lowest BCUT2D eigenvalue weighted by atomic mass is 9.94. The Hall–Kier alpha value is -0.960. The molecule has 0 saturated carbocycles. The van der Waals surface area contributed by atoms with Crippen molar-refractivity contribution in [2.45, 2.75) is 19.0 Å². The maximum Gasteiger partial charge on any atom is 0.134 e.